The molecule has 0 fully saturated rings. The molecule has 1 heteroatoms. The van der Waals surface area contributed by atoms with E-state index in [2.05, 4.69) is 57.2 Å². The van der Waals surface area contributed by atoms with Gasteiger partial charge in [0.05, 0.1) is 7.11 Å². The lowest BCUT2D eigenvalue weighted by Gasteiger charge is -2.27. The van der Waals surface area contributed by atoms with Crippen molar-refractivity contribution in [3.05, 3.63) is 42.0 Å². The summed E-state index contributed by atoms with van der Waals surface area (Å²) in [6.45, 7) is 6.82. The van der Waals surface area contributed by atoms with Gasteiger partial charge >= 0.3 is 0 Å². The first kappa shape index (κ1) is 12.9. The van der Waals surface area contributed by atoms with Crippen LogP contribution in [0, 0.1) is 0 Å². The molecule has 0 spiro atoms. The Kier molecular flexibility index (Phi) is 3.60. The van der Waals surface area contributed by atoms with Crippen molar-refractivity contribution in [3.63, 3.8) is 0 Å². The molecule has 0 aliphatic carbocycles. The van der Waals surface area contributed by atoms with Gasteiger partial charge in [-0.25, -0.2) is 0 Å². The zero-order valence-corrected chi connectivity index (χ0v) is 11.8. The number of fused-ring (bicyclic) bond motifs is 1. The number of methoxy groups -OCH3 is 1. The summed E-state index contributed by atoms with van der Waals surface area (Å²) in [5.41, 5.74) is 1.47. The molecule has 2 aromatic carbocycles. The van der Waals surface area contributed by atoms with E-state index in [1.54, 1.807) is 7.11 Å². The Morgan fingerprint density at radius 2 is 1.67 bits per heavy atom. The van der Waals surface area contributed by atoms with Crippen molar-refractivity contribution in [1.82, 2.24) is 0 Å². The zero-order chi connectivity index (χ0) is 13.2. The zero-order valence-electron chi connectivity index (χ0n) is 11.8. The predicted octanol–water partition coefficient (Wildman–Crippen LogP) is 4.93. The van der Waals surface area contributed by atoms with Gasteiger partial charge in [0.1, 0.15) is 5.75 Å². The molecule has 0 atom stereocenters. The lowest BCUT2D eigenvalue weighted by molar-refractivity contribution is 0.385. The highest BCUT2D eigenvalue weighted by Gasteiger charge is 2.23. The smallest absolute Gasteiger partial charge is 0.123 e. The molecule has 0 unspecified atom stereocenters. The fourth-order valence-corrected chi connectivity index (χ4v) is 2.68. The van der Waals surface area contributed by atoms with Gasteiger partial charge in [-0.15, -0.1) is 0 Å². The van der Waals surface area contributed by atoms with E-state index in [4.69, 9.17) is 4.74 Å². The van der Waals surface area contributed by atoms with Crippen LogP contribution in [0.25, 0.3) is 10.8 Å². The molecular formula is C17H22O. The predicted molar refractivity (Wildman–Crippen MR) is 78.4 cm³/mol. The quantitative estimate of drug-likeness (QED) is 0.739. The van der Waals surface area contributed by atoms with E-state index in [-0.39, 0.29) is 5.41 Å². The Morgan fingerprint density at radius 3 is 2.22 bits per heavy atom. The van der Waals surface area contributed by atoms with Crippen LogP contribution in [0.15, 0.2) is 36.4 Å². The highest BCUT2D eigenvalue weighted by Crippen LogP contribution is 2.37. The Balaban J connectivity index is 2.61. The van der Waals surface area contributed by atoms with Gasteiger partial charge in [0.25, 0.3) is 0 Å². The molecule has 0 saturated carbocycles. The van der Waals surface area contributed by atoms with Crippen LogP contribution in [0.2, 0.25) is 0 Å². The van der Waals surface area contributed by atoms with E-state index in [9.17, 15) is 0 Å². The highest BCUT2D eigenvalue weighted by molar-refractivity contribution is 5.85. The van der Waals surface area contributed by atoms with Crippen LogP contribution in [0.3, 0.4) is 0 Å². The molecule has 0 aliphatic heterocycles. The fraction of sp³-hybridized carbons (Fsp3) is 0.412. The standard InChI is InChI=1S/C17H22O/c1-5-10-17(2,3)15-11-13-8-6-7-9-14(13)12-16(15)18-4/h6-9,11-12H,5,10H2,1-4H3. The Labute approximate surface area is 110 Å². The van der Waals surface area contributed by atoms with Crippen molar-refractivity contribution in [2.45, 2.75) is 39.0 Å². The van der Waals surface area contributed by atoms with Crippen molar-refractivity contribution in [3.8, 4) is 5.75 Å². The summed E-state index contributed by atoms with van der Waals surface area (Å²) in [7, 11) is 1.76. The molecule has 0 radical (unpaired) electrons. The van der Waals surface area contributed by atoms with E-state index < -0.39 is 0 Å². The number of rotatable bonds is 4. The Bertz CT molecular complexity index is 540. The molecule has 0 bridgehead atoms. The summed E-state index contributed by atoms with van der Waals surface area (Å²) < 4.78 is 5.59. The first-order valence-electron chi connectivity index (χ1n) is 6.66. The number of hydrogen-bond acceptors (Lipinski definition) is 1. The summed E-state index contributed by atoms with van der Waals surface area (Å²) in [4.78, 5) is 0. The lowest BCUT2D eigenvalue weighted by atomic mass is 9.79. The third-order valence-electron chi connectivity index (χ3n) is 3.67. The maximum atomic E-state index is 5.59. The minimum atomic E-state index is 0.157. The highest BCUT2D eigenvalue weighted by atomic mass is 16.5. The van der Waals surface area contributed by atoms with Gasteiger partial charge in [-0.2, -0.15) is 0 Å². The van der Waals surface area contributed by atoms with Crippen molar-refractivity contribution in [1.29, 1.82) is 0 Å². The molecular weight excluding hydrogens is 220 g/mol. The van der Waals surface area contributed by atoms with Crippen LogP contribution < -0.4 is 4.74 Å². The number of hydrogen-bond donors (Lipinski definition) is 0. The second-order valence-electron chi connectivity index (χ2n) is 5.53. The lowest BCUT2D eigenvalue weighted by Crippen LogP contribution is -2.17. The monoisotopic (exact) mass is 242 g/mol. The summed E-state index contributed by atoms with van der Waals surface area (Å²) >= 11 is 0. The third kappa shape index (κ3) is 2.35. The first-order valence-corrected chi connectivity index (χ1v) is 6.66. The topological polar surface area (TPSA) is 9.23 Å². The van der Waals surface area contributed by atoms with Crippen LogP contribution in [-0.2, 0) is 5.41 Å². The van der Waals surface area contributed by atoms with Crippen molar-refractivity contribution in [2.75, 3.05) is 7.11 Å². The summed E-state index contributed by atoms with van der Waals surface area (Å²) in [6, 6.07) is 12.9. The van der Waals surface area contributed by atoms with Gasteiger partial charge < -0.3 is 4.74 Å². The molecule has 0 amide bonds. The van der Waals surface area contributed by atoms with Crippen LogP contribution in [-0.4, -0.2) is 7.11 Å². The molecule has 0 saturated heterocycles. The van der Waals surface area contributed by atoms with Gasteiger partial charge in [-0.3, -0.25) is 0 Å². The Morgan fingerprint density at radius 1 is 1.06 bits per heavy atom. The maximum Gasteiger partial charge on any atom is 0.123 e. The molecule has 2 aromatic rings. The summed E-state index contributed by atoms with van der Waals surface area (Å²) in [6.07, 6.45) is 2.35. The van der Waals surface area contributed by atoms with Crippen molar-refractivity contribution >= 4 is 10.8 Å². The van der Waals surface area contributed by atoms with Gasteiger partial charge in [0, 0.05) is 5.56 Å². The maximum absolute atomic E-state index is 5.59. The molecule has 1 nitrogen and oxygen atoms in total. The molecule has 2 rings (SSSR count). The molecule has 18 heavy (non-hydrogen) atoms. The van der Waals surface area contributed by atoms with Crippen LogP contribution in [0.5, 0.6) is 5.75 Å². The molecule has 0 aromatic heterocycles. The molecule has 0 heterocycles. The fourth-order valence-electron chi connectivity index (χ4n) is 2.68. The van der Waals surface area contributed by atoms with Gasteiger partial charge in [0.2, 0.25) is 0 Å². The van der Waals surface area contributed by atoms with Crippen molar-refractivity contribution in [2.24, 2.45) is 0 Å². The van der Waals surface area contributed by atoms with E-state index in [0.717, 1.165) is 5.75 Å². The summed E-state index contributed by atoms with van der Waals surface area (Å²) in [5, 5.41) is 2.53. The Hall–Kier alpha value is -1.50. The van der Waals surface area contributed by atoms with Crippen molar-refractivity contribution < 1.29 is 4.74 Å². The summed E-state index contributed by atoms with van der Waals surface area (Å²) in [5.74, 6) is 1.01. The van der Waals surface area contributed by atoms with Gasteiger partial charge in [-0.05, 0) is 34.7 Å². The minimum Gasteiger partial charge on any atom is -0.496 e. The van der Waals surface area contributed by atoms with Gasteiger partial charge in [0.15, 0.2) is 0 Å². The minimum absolute atomic E-state index is 0.157. The first-order chi connectivity index (χ1) is 8.58. The SMILES string of the molecule is CCCC(C)(C)c1cc2ccccc2cc1OC. The van der Waals surface area contributed by atoms with E-state index in [1.165, 1.54) is 29.2 Å². The average molecular weight is 242 g/mol. The van der Waals surface area contributed by atoms with Crippen LogP contribution in [0.1, 0.15) is 39.2 Å². The van der Waals surface area contributed by atoms with Crippen LogP contribution >= 0.6 is 0 Å². The van der Waals surface area contributed by atoms with E-state index in [0.29, 0.717) is 0 Å². The van der Waals surface area contributed by atoms with E-state index in [1.807, 2.05) is 0 Å². The average Bonchev–Trinajstić information content (AvgIpc) is 2.37. The number of benzene rings is 2. The number of ether oxygens (including phenoxy) is 1. The molecule has 96 valence electrons. The third-order valence-corrected chi connectivity index (χ3v) is 3.67. The van der Waals surface area contributed by atoms with Crippen LogP contribution in [0.4, 0.5) is 0 Å². The second-order valence-corrected chi connectivity index (χ2v) is 5.53. The van der Waals surface area contributed by atoms with Gasteiger partial charge in [-0.1, -0.05) is 51.5 Å². The molecule has 0 N–H and O–H groups in total. The second kappa shape index (κ2) is 5.01. The molecule has 0 aliphatic rings. The normalized spacial score (nSPS) is 11.8. The largest absolute Gasteiger partial charge is 0.496 e. The van der Waals surface area contributed by atoms with E-state index >= 15 is 0 Å².